The number of aliphatic imine (C=N–C) groups is 1. The van der Waals surface area contributed by atoms with Gasteiger partial charge in [-0.05, 0) is 19.1 Å². The second-order valence-corrected chi connectivity index (χ2v) is 6.86. The third-order valence-corrected chi connectivity index (χ3v) is 4.20. The Morgan fingerprint density at radius 1 is 1.30 bits per heavy atom. The molecule has 0 aromatic heterocycles. The number of hydrogen-bond acceptors (Lipinski definition) is 3. The zero-order valence-corrected chi connectivity index (χ0v) is 18.8. The molecule has 0 spiro atoms. The van der Waals surface area contributed by atoms with Crippen molar-refractivity contribution in [3.63, 3.8) is 0 Å². The number of likely N-dealkylation sites (tertiary alicyclic amines) is 1. The number of nitrogens with zero attached hydrogens (tertiary/aromatic N) is 3. The Hall–Kier alpha value is -1.77. The molecule has 2 rings (SSSR count). The van der Waals surface area contributed by atoms with E-state index in [2.05, 4.69) is 21.8 Å². The number of likely N-dealkylation sites (N-methyl/N-ethyl adjacent to an activating group) is 1. The highest BCUT2D eigenvalue weighted by molar-refractivity contribution is 14.0. The topological polar surface area (TPSA) is 57.2 Å². The predicted octanol–water partition coefficient (Wildman–Crippen LogP) is 2.76. The number of nitrogens with one attached hydrogen (secondary N) is 1. The van der Waals surface area contributed by atoms with Gasteiger partial charge in [0.15, 0.2) is 5.96 Å². The highest BCUT2D eigenvalue weighted by Gasteiger charge is 2.23. The number of guanidine groups is 1. The summed E-state index contributed by atoms with van der Waals surface area (Å²) in [4.78, 5) is 20.1. The van der Waals surface area contributed by atoms with Crippen LogP contribution in [0, 0.1) is 0 Å². The van der Waals surface area contributed by atoms with Gasteiger partial charge in [-0.25, -0.2) is 4.99 Å². The number of carbonyl (C=O) groups excluding carboxylic acids is 1. The lowest BCUT2D eigenvalue weighted by Crippen LogP contribution is -2.48. The van der Waals surface area contributed by atoms with E-state index in [0.29, 0.717) is 6.54 Å². The molecule has 1 heterocycles. The minimum atomic E-state index is -0.0121. The van der Waals surface area contributed by atoms with Crippen molar-refractivity contribution in [3.05, 3.63) is 42.5 Å². The fourth-order valence-electron chi connectivity index (χ4n) is 2.66. The Morgan fingerprint density at radius 2 is 1.93 bits per heavy atom. The Bertz CT molecular complexity index is 626. The van der Waals surface area contributed by atoms with Crippen LogP contribution in [0.2, 0.25) is 0 Å². The molecular weight excluding hydrogens is 455 g/mol. The molecule has 1 saturated heterocycles. The molecule has 0 radical (unpaired) electrons. The number of amides is 1. The van der Waals surface area contributed by atoms with Crippen LogP contribution in [0.1, 0.15) is 19.8 Å². The van der Waals surface area contributed by atoms with Gasteiger partial charge in [0.1, 0.15) is 18.4 Å². The second-order valence-electron chi connectivity index (χ2n) is 6.86. The molecule has 0 bridgehead atoms. The van der Waals surface area contributed by atoms with E-state index in [0.717, 1.165) is 43.2 Å². The summed E-state index contributed by atoms with van der Waals surface area (Å²) < 4.78 is 6.05. The van der Waals surface area contributed by atoms with Crippen molar-refractivity contribution in [2.24, 2.45) is 4.99 Å². The Kier molecular flexibility index (Phi) is 10.2. The number of benzene rings is 1. The highest BCUT2D eigenvalue weighted by atomic mass is 127. The van der Waals surface area contributed by atoms with Gasteiger partial charge < -0.3 is 19.9 Å². The van der Waals surface area contributed by atoms with E-state index in [4.69, 9.17) is 4.74 Å². The molecule has 1 aliphatic heterocycles. The molecule has 0 unspecified atom stereocenters. The quantitative estimate of drug-likeness (QED) is 0.291. The average molecular weight is 486 g/mol. The normalized spacial score (nSPS) is 14.9. The first-order chi connectivity index (χ1) is 12.5. The first kappa shape index (κ1) is 23.3. The number of ether oxygens (including phenoxy) is 1. The molecule has 0 saturated carbocycles. The first-order valence-electron chi connectivity index (χ1n) is 9.05. The lowest BCUT2D eigenvalue weighted by molar-refractivity contribution is -0.127. The molecule has 1 N–H and O–H groups in total. The van der Waals surface area contributed by atoms with Crippen LogP contribution >= 0.6 is 24.0 Å². The van der Waals surface area contributed by atoms with Gasteiger partial charge in [-0.3, -0.25) is 4.79 Å². The lowest BCUT2D eigenvalue weighted by atomic mass is 10.1. The Morgan fingerprint density at radius 3 is 2.48 bits per heavy atom. The van der Waals surface area contributed by atoms with E-state index in [1.54, 1.807) is 19.0 Å². The van der Waals surface area contributed by atoms with Crippen LogP contribution in [-0.4, -0.2) is 68.0 Å². The van der Waals surface area contributed by atoms with Crippen LogP contribution in [0.4, 0.5) is 0 Å². The zero-order valence-electron chi connectivity index (χ0n) is 16.5. The molecule has 6 nitrogen and oxygen atoms in total. The van der Waals surface area contributed by atoms with Gasteiger partial charge in [-0.15, -0.1) is 24.0 Å². The van der Waals surface area contributed by atoms with Gasteiger partial charge in [0.2, 0.25) is 5.91 Å². The smallest absolute Gasteiger partial charge is 0.243 e. The van der Waals surface area contributed by atoms with E-state index in [-0.39, 0.29) is 42.5 Å². The van der Waals surface area contributed by atoms with Gasteiger partial charge in [-0.1, -0.05) is 30.4 Å². The van der Waals surface area contributed by atoms with E-state index in [9.17, 15) is 4.79 Å². The maximum absolute atomic E-state index is 11.9. The minimum Gasteiger partial charge on any atom is -0.490 e. The molecule has 0 aliphatic carbocycles. The number of para-hydroxylation sites is 1. The van der Waals surface area contributed by atoms with Crippen LogP contribution in [-0.2, 0) is 4.79 Å². The summed E-state index contributed by atoms with van der Waals surface area (Å²) in [6.45, 7) is 8.37. The number of rotatable bonds is 6. The largest absolute Gasteiger partial charge is 0.490 e. The fourth-order valence-corrected chi connectivity index (χ4v) is 2.66. The summed E-state index contributed by atoms with van der Waals surface area (Å²) in [7, 11) is 3.48. The molecule has 0 atom stereocenters. The van der Waals surface area contributed by atoms with Crippen LogP contribution in [0.25, 0.3) is 0 Å². The Balaban J connectivity index is 0.00000364. The Labute approximate surface area is 179 Å². The van der Waals surface area contributed by atoms with E-state index >= 15 is 0 Å². The van der Waals surface area contributed by atoms with Crippen molar-refractivity contribution in [1.82, 2.24) is 15.1 Å². The summed E-state index contributed by atoms with van der Waals surface area (Å²) in [5.74, 6) is 1.67. The van der Waals surface area contributed by atoms with Gasteiger partial charge in [0.05, 0.1) is 0 Å². The van der Waals surface area contributed by atoms with Crippen LogP contribution in [0.5, 0.6) is 5.75 Å². The van der Waals surface area contributed by atoms with E-state index in [1.165, 1.54) is 0 Å². The second kappa shape index (κ2) is 11.8. The number of carbonyl (C=O) groups is 1. The molecule has 1 aliphatic rings. The third kappa shape index (κ3) is 8.19. The SMILES string of the molecule is C=C(C)CNC(=NCC(=O)N(C)C)N1CCC(Oc2ccccc2)CC1.I. The van der Waals surface area contributed by atoms with Crippen molar-refractivity contribution < 1.29 is 9.53 Å². The maximum atomic E-state index is 11.9. The molecule has 1 aromatic carbocycles. The van der Waals surface area contributed by atoms with Crippen LogP contribution in [0.3, 0.4) is 0 Å². The van der Waals surface area contributed by atoms with Crippen molar-refractivity contribution >= 4 is 35.8 Å². The van der Waals surface area contributed by atoms with E-state index in [1.807, 2.05) is 37.3 Å². The summed E-state index contributed by atoms with van der Waals surface area (Å²) >= 11 is 0. The van der Waals surface area contributed by atoms with Crippen molar-refractivity contribution in [1.29, 1.82) is 0 Å². The molecule has 150 valence electrons. The number of halogens is 1. The fraction of sp³-hybridized carbons (Fsp3) is 0.500. The van der Waals surface area contributed by atoms with Crippen LogP contribution in [0.15, 0.2) is 47.5 Å². The van der Waals surface area contributed by atoms with Gasteiger partial charge in [0.25, 0.3) is 0 Å². The van der Waals surface area contributed by atoms with Gasteiger partial charge in [-0.2, -0.15) is 0 Å². The zero-order chi connectivity index (χ0) is 18.9. The average Bonchev–Trinajstić information content (AvgIpc) is 2.63. The van der Waals surface area contributed by atoms with Crippen LogP contribution < -0.4 is 10.1 Å². The lowest BCUT2D eigenvalue weighted by Gasteiger charge is -2.34. The predicted molar refractivity (Wildman–Crippen MR) is 121 cm³/mol. The summed E-state index contributed by atoms with van der Waals surface area (Å²) in [5, 5.41) is 3.31. The number of hydrogen-bond donors (Lipinski definition) is 1. The molecule has 1 amide bonds. The van der Waals surface area contributed by atoms with E-state index < -0.39 is 0 Å². The van der Waals surface area contributed by atoms with Crippen molar-refractivity contribution in [3.8, 4) is 5.75 Å². The standard InChI is InChI=1S/C20H30N4O2.HI/c1-16(2)14-21-20(22-15-19(25)23(3)4)24-12-10-18(11-13-24)26-17-8-6-5-7-9-17;/h5-9,18H,1,10-15H2,2-4H3,(H,21,22);1H. The molecule has 27 heavy (non-hydrogen) atoms. The van der Waals surface area contributed by atoms with Gasteiger partial charge >= 0.3 is 0 Å². The molecule has 1 aromatic rings. The number of piperidine rings is 1. The van der Waals surface area contributed by atoms with Gasteiger partial charge in [0, 0.05) is 46.6 Å². The minimum absolute atomic E-state index is 0. The summed E-state index contributed by atoms with van der Waals surface area (Å²) in [6, 6.07) is 9.93. The first-order valence-corrected chi connectivity index (χ1v) is 9.05. The molecular formula is C20H31IN4O2. The third-order valence-electron chi connectivity index (χ3n) is 4.20. The van der Waals surface area contributed by atoms with Crippen molar-refractivity contribution in [2.45, 2.75) is 25.9 Å². The van der Waals surface area contributed by atoms with Crippen molar-refractivity contribution in [2.75, 3.05) is 40.3 Å². The monoisotopic (exact) mass is 486 g/mol. The maximum Gasteiger partial charge on any atom is 0.243 e. The summed E-state index contributed by atoms with van der Waals surface area (Å²) in [5.41, 5.74) is 1.03. The highest BCUT2D eigenvalue weighted by Crippen LogP contribution is 2.18. The molecule has 1 fully saturated rings. The molecule has 7 heteroatoms. The summed E-state index contributed by atoms with van der Waals surface area (Å²) in [6.07, 6.45) is 2.05.